The van der Waals surface area contributed by atoms with Gasteiger partial charge < -0.3 is 15.4 Å². The third kappa shape index (κ3) is 5.44. The first-order chi connectivity index (χ1) is 9.04. The summed E-state index contributed by atoms with van der Waals surface area (Å²) in [7, 11) is 1.73. The second-order valence-corrected chi connectivity index (χ2v) is 4.93. The van der Waals surface area contributed by atoms with E-state index in [1.807, 2.05) is 0 Å². The highest BCUT2D eigenvalue weighted by Crippen LogP contribution is 2.17. The third-order valence-electron chi connectivity index (χ3n) is 2.34. The molecule has 0 spiro atoms. The smallest absolute Gasteiger partial charge is 0.253 e. The van der Waals surface area contributed by atoms with Crippen molar-refractivity contribution in [1.82, 2.24) is 10.3 Å². The fraction of sp³-hybridized carbons (Fsp3) is 0.538. The molecule has 0 aromatic carbocycles. The summed E-state index contributed by atoms with van der Waals surface area (Å²) in [6.07, 6.45) is 1.46. The number of carbonyl (C=O) groups excluding carboxylic acids is 1. The molecule has 0 atom stereocenters. The van der Waals surface area contributed by atoms with Crippen molar-refractivity contribution in [1.29, 1.82) is 0 Å². The monoisotopic (exact) mass is 285 g/mol. The fourth-order valence-corrected chi connectivity index (χ4v) is 1.59. The van der Waals surface area contributed by atoms with Crippen LogP contribution < -0.4 is 10.6 Å². The first kappa shape index (κ1) is 15.7. The number of hydrogen-bond acceptors (Lipinski definition) is 4. The van der Waals surface area contributed by atoms with Crippen molar-refractivity contribution in [2.24, 2.45) is 5.92 Å². The highest BCUT2D eigenvalue weighted by molar-refractivity contribution is 6.33. The predicted octanol–water partition coefficient (Wildman–Crippen LogP) is 2.18. The number of halogens is 1. The number of nitrogens with one attached hydrogen (secondary N) is 2. The van der Waals surface area contributed by atoms with E-state index in [1.54, 1.807) is 13.1 Å². The maximum Gasteiger partial charge on any atom is 0.253 e. The van der Waals surface area contributed by atoms with Gasteiger partial charge in [-0.05, 0) is 12.0 Å². The normalized spacial score (nSPS) is 10.6. The summed E-state index contributed by atoms with van der Waals surface area (Å²) in [6.45, 7) is 5.80. The van der Waals surface area contributed by atoms with Crippen molar-refractivity contribution in [3.63, 3.8) is 0 Å². The van der Waals surface area contributed by atoms with Crippen molar-refractivity contribution < 1.29 is 9.53 Å². The Morgan fingerprint density at radius 2 is 2.26 bits per heavy atom. The quantitative estimate of drug-likeness (QED) is 0.754. The standard InChI is InChI=1S/C13H20ClN3O2/c1-9(2)8-19-5-4-16-13(18)10-6-12(15-3)17-7-11(10)14/h6-7,9H,4-5,8H2,1-3H3,(H,15,17)(H,16,18). The maximum atomic E-state index is 11.9. The van der Waals surface area contributed by atoms with Crippen LogP contribution in [0.25, 0.3) is 0 Å². The Bertz CT molecular complexity index is 424. The summed E-state index contributed by atoms with van der Waals surface area (Å²) in [4.78, 5) is 15.9. The molecule has 6 heteroatoms. The summed E-state index contributed by atoms with van der Waals surface area (Å²) >= 11 is 5.95. The highest BCUT2D eigenvalue weighted by atomic mass is 35.5. The topological polar surface area (TPSA) is 63.2 Å². The fourth-order valence-electron chi connectivity index (χ4n) is 1.40. The van der Waals surface area contributed by atoms with Crippen molar-refractivity contribution in [3.05, 3.63) is 22.8 Å². The molecule has 0 aliphatic rings. The lowest BCUT2D eigenvalue weighted by atomic mass is 10.2. The summed E-state index contributed by atoms with van der Waals surface area (Å²) in [5, 5.41) is 5.96. The molecule has 106 valence electrons. The lowest BCUT2D eigenvalue weighted by molar-refractivity contribution is 0.0886. The Morgan fingerprint density at radius 3 is 2.89 bits per heavy atom. The molecule has 0 aliphatic carbocycles. The molecule has 0 bridgehead atoms. The van der Waals surface area contributed by atoms with Gasteiger partial charge in [0.2, 0.25) is 0 Å². The zero-order valence-corrected chi connectivity index (χ0v) is 12.3. The Labute approximate surface area is 118 Å². The summed E-state index contributed by atoms with van der Waals surface area (Å²) in [5.74, 6) is 0.867. The molecule has 0 unspecified atom stereocenters. The zero-order valence-electron chi connectivity index (χ0n) is 11.5. The van der Waals surface area contributed by atoms with Gasteiger partial charge in [0, 0.05) is 26.4 Å². The van der Waals surface area contributed by atoms with Crippen molar-refractivity contribution in [2.45, 2.75) is 13.8 Å². The van der Waals surface area contributed by atoms with Gasteiger partial charge in [0.15, 0.2) is 0 Å². The lowest BCUT2D eigenvalue weighted by Gasteiger charge is -2.09. The number of carbonyl (C=O) groups is 1. The van der Waals surface area contributed by atoms with Crippen LogP contribution in [0.5, 0.6) is 0 Å². The molecular formula is C13H20ClN3O2. The van der Waals surface area contributed by atoms with Gasteiger partial charge >= 0.3 is 0 Å². The van der Waals surface area contributed by atoms with Gasteiger partial charge in [0.25, 0.3) is 5.91 Å². The minimum Gasteiger partial charge on any atom is -0.379 e. The number of amides is 1. The van der Waals surface area contributed by atoms with Gasteiger partial charge in [-0.1, -0.05) is 25.4 Å². The molecule has 1 heterocycles. The van der Waals surface area contributed by atoms with Gasteiger partial charge in [0.1, 0.15) is 5.82 Å². The molecule has 0 radical (unpaired) electrons. The minimum absolute atomic E-state index is 0.225. The summed E-state index contributed by atoms with van der Waals surface area (Å²) < 4.78 is 5.38. The van der Waals surface area contributed by atoms with E-state index < -0.39 is 0 Å². The molecule has 2 N–H and O–H groups in total. The highest BCUT2D eigenvalue weighted by Gasteiger charge is 2.11. The Balaban J connectivity index is 2.45. The van der Waals surface area contributed by atoms with Crippen LogP contribution in [0.15, 0.2) is 12.3 Å². The minimum atomic E-state index is -0.225. The molecule has 0 saturated heterocycles. The Hall–Kier alpha value is -1.33. The third-order valence-corrected chi connectivity index (χ3v) is 2.64. The van der Waals surface area contributed by atoms with Crippen LogP contribution in [0.1, 0.15) is 24.2 Å². The number of ether oxygens (including phenoxy) is 1. The first-order valence-corrected chi connectivity index (χ1v) is 6.61. The predicted molar refractivity (Wildman–Crippen MR) is 76.8 cm³/mol. The molecule has 1 aromatic heterocycles. The molecule has 1 aromatic rings. The average Bonchev–Trinajstić information content (AvgIpc) is 2.38. The second kappa shape index (κ2) is 7.96. The van der Waals surface area contributed by atoms with Crippen LogP contribution in [0.4, 0.5) is 5.82 Å². The van der Waals surface area contributed by atoms with E-state index in [4.69, 9.17) is 16.3 Å². The largest absolute Gasteiger partial charge is 0.379 e. The van der Waals surface area contributed by atoms with E-state index in [0.29, 0.717) is 42.1 Å². The van der Waals surface area contributed by atoms with Crippen LogP contribution in [0.2, 0.25) is 5.02 Å². The molecule has 0 aliphatic heterocycles. The number of aromatic nitrogens is 1. The molecule has 0 saturated carbocycles. The molecule has 1 rings (SSSR count). The van der Waals surface area contributed by atoms with Gasteiger partial charge in [-0.3, -0.25) is 4.79 Å². The maximum absolute atomic E-state index is 11.9. The van der Waals surface area contributed by atoms with Crippen LogP contribution in [-0.2, 0) is 4.74 Å². The van der Waals surface area contributed by atoms with Crippen LogP contribution in [-0.4, -0.2) is 37.7 Å². The van der Waals surface area contributed by atoms with Gasteiger partial charge in [-0.2, -0.15) is 0 Å². The average molecular weight is 286 g/mol. The summed E-state index contributed by atoms with van der Waals surface area (Å²) in [5.41, 5.74) is 0.407. The number of hydrogen-bond donors (Lipinski definition) is 2. The van der Waals surface area contributed by atoms with E-state index in [1.165, 1.54) is 6.20 Å². The SMILES string of the molecule is CNc1cc(C(=O)NCCOCC(C)C)c(Cl)cn1. The molecule has 19 heavy (non-hydrogen) atoms. The van der Waals surface area contributed by atoms with Crippen molar-refractivity contribution in [2.75, 3.05) is 32.1 Å². The molecule has 0 fully saturated rings. The van der Waals surface area contributed by atoms with Crippen LogP contribution >= 0.6 is 11.6 Å². The van der Waals surface area contributed by atoms with Crippen molar-refractivity contribution >= 4 is 23.3 Å². The molecular weight excluding hydrogens is 266 g/mol. The van der Waals surface area contributed by atoms with E-state index >= 15 is 0 Å². The number of anilines is 1. The van der Waals surface area contributed by atoms with E-state index in [-0.39, 0.29) is 5.91 Å². The van der Waals surface area contributed by atoms with E-state index in [0.717, 1.165) is 0 Å². The summed E-state index contributed by atoms with van der Waals surface area (Å²) in [6, 6.07) is 1.62. The Morgan fingerprint density at radius 1 is 1.53 bits per heavy atom. The van der Waals surface area contributed by atoms with Crippen molar-refractivity contribution in [3.8, 4) is 0 Å². The van der Waals surface area contributed by atoms with Gasteiger partial charge in [0.05, 0.1) is 17.2 Å². The first-order valence-electron chi connectivity index (χ1n) is 6.23. The van der Waals surface area contributed by atoms with Crippen LogP contribution in [0.3, 0.4) is 0 Å². The van der Waals surface area contributed by atoms with E-state index in [2.05, 4.69) is 29.5 Å². The number of nitrogens with zero attached hydrogens (tertiary/aromatic N) is 1. The van der Waals surface area contributed by atoms with Gasteiger partial charge in [-0.15, -0.1) is 0 Å². The number of pyridine rings is 1. The van der Waals surface area contributed by atoms with Gasteiger partial charge in [-0.25, -0.2) is 4.98 Å². The second-order valence-electron chi connectivity index (χ2n) is 4.52. The zero-order chi connectivity index (χ0) is 14.3. The number of rotatable bonds is 7. The lowest BCUT2D eigenvalue weighted by Crippen LogP contribution is -2.28. The van der Waals surface area contributed by atoms with Crippen LogP contribution in [0, 0.1) is 5.92 Å². The Kier molecular flexibility index (Phi) is 6.59. The molecule has 1 amide bonds. The van der Waals surface area contributed by atoms with E-state index in [9.17, 15) is 4.79 Å². The molecule has 5 nitrogen and oxygen atoms in total.